The van der Waals surface area contributed by atoms with Crippen molar-refractivity contribution in [1.82, 2.24) is 0 Å². The number of aliphatic hydroxyl groups excluding tert-OH is 1. The number of ether oxygens (including phenoxy) is 1. The predicted molar refractivity (Wildman–Crippen MR) is 125 cm³/mol. The number of hydrogen-bond acceptors (Lipinski definition) is 5. The van der Waals surface area contributed by atoms with Crippen LogP contribution in [0.3, 0.4) is 0 Å². The van der Waals surface area contributed by atoms with Gasteiger partial charge in [0.1, 0.15) is 17.3 Å². The molecule has 0 spiro atoms. The van der Waals surface area contributed by atoms with Crippen LogP contribution in [-0.4, -0.2) is 23.4 Å². The molecule has 0 radical (unpaired) electrons. The second-order valence-electron chi connectivity index (χ2n) is 7.43. The molecule has 170 valence electrons. The van der Waals surface area contributed by atoms with E-state index in [2.05, 4.69) is 0 Å². The maximum Gasteiger partial charge on any atom is 0.300 e. The predicted octanol–water partition coefficient (Wildman–Crippen LogP) is 5.38. The number of ketones is 1. The Labute approximate surface area is 200 Å². The Bertz CT molecular complexity index is 1360. The zero-order valence-corrected chi connectivity index (χ0v) is 18.7. The summed E-state index contributed by atoms with van der Waals surface area (Å²) in [6.45, 7) is 2.09. The zero-order chi connectivity index (χ0) is 24.4. The van der Waals surface area contributed by atoms with Crippen molar-refractivity contribution in [1.29, 1.82) is 5.26 Å². The van der Waals surface area contributed by atoms with Gasteiger partial charge in [-0.25, -0.2) is 4.39 Å². The lowest BCUT2D eigenvalue weighted by Gasteiger charge is -2.25. The highest BCUT2D eigenvalue weighted by molar-refractivity contribution is 6.51. The largest absolute Gasteiger partial charge is 0.507 e. The van der Waals surface area contributed by atoms with Gasteiger partial charge in [0.15, 0.2) is 0 Å². The summed E-state index contributed by atoms with van der Waals surface area (Å²) in [6.07, 6.45) is 0. The number of halogens is 2. The Hall–Kier alpha value is -4.15. The Balaban J connectivity index is 1.94. The van der Waals surface area contributed by atoms with Gasteiger partial charge in [0.2, 0.25) is 0 Å². The molecule has 8 heteroatoms. The van der Waals surface area contributed by atoms with Crippen molar-refractivity contribution >= 4 is 34.7 Å². The molecule has 1 heterocycles. The molecule has 1 amide bonds. The molecule has 0 aromatic heterocycles. The topological polar surface area (TPSA) is 90.6 Å². The number of anilines is 1. The monoisotopic (exact) mass is 476 g/mol. The van der Waals surface area contributed by atoms with Gasteiger partial charge in [-0.2, -0.15) is 5.26 Å². The first-order chi connectivity index (χ1) is 16.4. The number of hydrogen-bond donors (Lipinski definition) is 1. The van der Waals surface area contributed by atoms with E-state index in [0.29, 0.717) is 17.2 Å². The molecule has 1 aliphatic rings. The Morgan fingerprint density at radius 1 is 1.15 bits per heavy atom. The number of rotatable bonds is 5. The maximum atomic E-state index is 14.9. The van der Waals surface area contributed by atoms with Crippen molar-refractivity contribution in [2.24, 2.45) is 0 Å². The van der Waals surface area contributed by atoms with Crippen molar-refractivity contribution in [3.8, 4) is 11.8 Å². The summed E-state index contributed by atoms with van der Waals surface area (Å²) in [4.78, 5) is 27.4. The van der Waals surface area contributed by atoms with Gasteiger partial charge in [-0.3, -0.25) is 14.5 Å². The summed E-state index contributed by atoms with van der Waals surface area (Å²) in [5, 5.41) is 20.6. The number of benzene rings is 3. The molecule has 0 bridgehead atoms. The van der Waals surface area contributed by atoms with Crippen molar-refractivity contribution < 1.29 is 23.8 Å². The molecule has 3 aromatic rings. The summed E-state index contributed by atoms with van der Waals surface area (Å²) in [6, 6.07) is 16.9. The van der Waals surface area contributed by atoms with Crippen LogP contribution < -0.4 is 9.64 Å². The highest BCUT2D eigenvalue weighted by Crippen LogP contribution is 2.43. The van der Waals surface area contributed by atoms with E-state index < -0.39 is 29.3 Å². The van der Waals surface area contributed by atoms with Crippen LogP contribution in [0, 0.1) is 17.1 Å². The molecular formula is C26H18ClFN2O4. The van der Waals surface area contributed by atoms with Crippen molar-refractivity contribution in [2.75, 3.05) is 11.5 Å². The molecule has 0 saturated carbocycles. The van der Waals surface area contributed by atoms with Crippen LogP contribution in [0.2, 0.25) is 5.02 Å². The lowest BCUT2D eigenvalue weighted by molar-refractivity contribution is -0.132. The van der Waals surface area contributed by atoms with E-state index in [0.717, 1.165) is 4.90 Å². The summed E-state index contributed by atoms with van der Waals surface area (Å²) >= 11 is 6.14. The average Bonchev–Trinajstić information content (AvgIpc) is 3.10. The highest BCUT2D eigenvalue weighted by atomic mass is 35.5. The third-order valence-electron chi connectivity index (χ3n) is 5.42. The number of nitriles is 1. The molecule has 6 nitrogen and oxygen atoms in total. The van der Waals surface area contributed by atoms with E-state index in [-0.39, 0.29) is 28.1 Å². The summed E-state index contributed by atoms with van der Waals surface area (Å²) in [5.74, 6) is -2.75. The SMILES string of the molecule is CCOc1cc(/C(O)=C2\C(=O)C(=O)N(c3ccc(C#N)cc3)C2c2ccccc2F)ccc1Cl. The fraction of sp³-hybridized carbons (Fsp3) is 0.115. The van der Waals surface area contributed by atoms with Crippen LogP contribution >= 0.6 is 11.6 Å². The van der Waals surface area contributed by atoms with E-state index in [1.54, 1.807) is 13.0 Å². The molecule has 1 fully saturated rings. The standard InChI is InChI=1S/C26H18ClFN2O4/c1-2-34-21-13-16(9-12-19(21)27)24(31)22-23(18-5-3-4-6-20(18)28)30(26(33)25(22)32)17-10-7-15(14-29)8-11-17/h3-13,23,31H,2H2,1H3/b24-22+. The Kier molecular flexibility index (Phi) is 6.35. The first-order valence-corrected chi connectivity index (χ1v) is 10.7. The van der Waals surface area contributed by atoms with E-state index in [9.17, 15) is 19.1 Å². The van der Waals surface area contributed by atoms with Crippen LogP contribution in [0.25, 0.3) is 5.76 Å². The molecule has 1 aliphatic heterocycles. The third kappa shape index (κ3) is 4.00. The van der Waals surface area contributed by atoms with Gasteiger partial charge in [0.25, 0.3) is 11.7 Å². The van der Waals surface area contributed by atoms with Gasteiger partial charge in [-0.1, -0.05) is 29.8 Å². The van der Waals surface area contributed by atoms with Gasteiger partial charge in [-0.15, -0.1) is 0 Å². The van der Waals surface area contributed by atoms with Crippen LogP contribution in [-0.2, 0) is 9.59 Å². The van der Waals surface area contributed by atoms with E-state index in [1.807, 2.05) is 6.07 Å². The van der Waals surface area contributed by atoms with E-state index in [4.69, 9.17) is 21.6 Å². The number of Topliss-reactive ketones (excluding diaryl/α,β-unsaturated/α-hetero) is 1. The van der Waals surface area contributed by atoms with Gasteiger partial charge in [-0.05, 0) is 55.5 Å². The van der Waals surface area contributed by atoms with E-state index in [1.165, 1.54) is 60.7 Å². The minimum atomic E-state index is -1.24. The molecular weight excluding hydrogens is 459 g/mol. The smallest absolute Gasteiger partial charge is 0.300 e. The third-order valence-corrected chi connectivity index (χ3v) is 5.74. The molecule has 3 aromatic carbocycles. The average molecular weight is 477 g/mol. The van der Waals surface area contributed by atoms with Crippen LogP contribution in [0.1, 0.15) is 29.7 Å². The van der Waals surface area contributed by atoms with Crippen LogP contribution in [0.5, 0.6) is 5.75 Å². The lowest BCUT2D eigenvalue weighted by atomic mass is 9.94. The first kappa shape index (κ1) is 23.0. The maximum absolute atomic E-state index is 14.9. The summed E-state index contributed by atoms with van der Waals surface area (Å²) in [5.41, 5.74) is 0.578. The first-order valence-electron chi connectivity index (χ1n) is 10.4. The normalized spacial score (nSPS) is 17.0. The molecule has 1 unspecified atom stereocenters. The molecule has 1 N–H and O–H groups in total. The van der Waals surface area contributed by atoms with E-state index >= 15 is 0 Å². The van der Waals surface area contributed by atoms with Gasteiger partial charge in [0, 0.05) is 16.8 Å². The molecule has 34 heavy (non-hydrogen) atoms. The second-order valence-corrected chi connectivity index (χ2v) is 7.83. The summed E-state index contributed by atoms with van der Waals surface area (Å²) in [7, 11) is 0. The van der Waals surface area contributed by atoms with Crippen molar-refractivity contribution in [3.63, 3.8) is 0 Å². The highest BCUT2D eigenvalue weighted by Gasteiger charge is 2.47. The number of amides is 1. The fourth-order valence-corrected chi connectivity index (χ4v) is 4.03. The number of carbonyl (C=O) groups excluding carboxylic acids is 2. The number of nitrogens with zero attached hydrogens (tertiary/aromatic N) is 2. The van der Waals surface area contributed by atoms with Crippen molar-refractivity contribution in [2.45, 2.75) is 13.0 Å². The zero-order valence-electron chi connectivity index (χ0n) is 18.0. The summed E-state index contributed by atoms with van der Waals surface area (Å²) < 4.78 is 20.4. The molecule has 1 atom stereocenters. The van der Waals surface area contributed by atoms with Crippen LogP contribution in [0.15, 0.2) is 72.3 Å². The minimum Gasteiger partial charge on any atom is -0.507 e. The fourth-order valence-electron chi connectivity index (χ4n) is 3.86. The Morgan fingerprint density at radius 2 is 1.85 bits per heavy atom. The van der Waals surface area contributed by atoms with Gasteiger partial charge >= 0.3 is 0 Å². The quantitative estimate of drug-likeness (QED) is 0.303. The molecule has 0 aliphatic carbocycles. The van der Waals surface area contributed by atoms with Crippen molar-refractivity contribution in [3.05, 3.63) is 99.8 Å². The Morgan fingerprint density at radius 3 is 2.50 bits per heavy atom. The lowest BCUT2D eigenvalue weighted by Crippen LogP contribution is -2.29. The van der Waals surface area contributed by atoms with Gasteiger partial charge < -0.3 is 9.84 Å². The molecule has 4 rings (SSSR count). The number of carbonyl (C=O) groups is 2. The minimum absolute atomic E-state index is 0.0339. The van der Waals surface area contributed by atoms with Gasteiger partial charge in [0.05, 0.1) is 34.9 Å². The second kappa shape index (κ2) is 9.38. The number of aliphatic hydroxyl groups is 1. The molecule has 1 saturated heterocycles. The van der Waals surface area contributed by atoms with Crippen LogP contribution in [0.4, 0.5) is 10.1 Å².